The number of hydrogen-bond donors (Lipinski definition) is 1. The van der Waals surface area contributed by atoms with Crippen molar-refractivity contribution >= 4 is 15.9 Å². The van der Waals surface area contributed by atoms with Gasteiger partial charge in [-0.15, -0.1) is 0 Å². The predicted octanol–water partition coefficient (Wildman–Crippen LogP) is 3.00. The van der Waals surface area contributed by atoms with Gasteiger partial charge in [-0.2, -0.15) is 5.10 Å². The van der Waals surface area contributed by atoms with E-state index in [1.807, 2.05) is 48.9 Å². The molecular weight excluding hydrogens is 280 g/mol. The van der Waals surface area contributed by atoms with Crippen molar-refractivity contribution in [2.45, 2.75) is 26.5 Å². The van der Waals surface area contributed by atoms with Gasteiger partial charge in [0, 0.05) is 10.2 Å². The van der Waals surface area contributed by atoms with E-state index in [4.69, 9.17) is 0 Å². The minimum atomic E-state index is -0.527. The van der Waals surface area contributed by atoms with Crippen molar-refractivity contribution in [2.75, 3.05) is 0 Å². The standard InChI is InChI=1S/C13H15BrN2O/c1-9-7-10(2)16(15-9)8-13(17)11-3-5-12(14)6-4-11/h3-7,13,17H,8H2,1-2H3. The highest BCUT2D eigenvalue weighted by Crippen LogP contribution is 2.18. The van der Waals surface area contributed by atoms with E-state index < -0.39 is 6.10 Å². The number of aliphatic hydroxyl groups is 1. The fourth-order valence-electron chi connectivity index (χ4n) is 1.81. The van der Waals surface area contributed by atoms with Gasteiger partial charge in [0.2, 0.25) is 0 Å². The fraction of sp³-hybridized carbons (Fsp3) is 0.308. The molecule has 17 heavy (non-hydrogen) atoms. The van der Waals surface area contributed by atoms with Crippen LogP contribution in [0.3, 0.4) is 0 Å². The molecule has 0 radical (unpaired) electrons. The first-order chi connectivity index (χ1) is 8.06. The molecule has 0 aliphatic carbocycles. The van der Waals surface area contributed by atoms with Crippen LogP contribution in [0.25, 0.3) is 0 Å². The van der Waals surface area contributed by atoms with Crippen molar-refractivity contribution in [1.82, 2.24) is 9.78 Å². The molecule has 0 aliphatic rings. The Hall–Kier alpha value is -1.13. The van der Waals surface area contributed by atoms with E-state index in [0.717, 1.165) is 21.4 Å². The van der Waals surface area contributed by atoms with Crippen LogP contribution in [0.4, 0.5) is 0 Å². The minimum Gasteiger partial charge on any atom is -0.386 e. The van der Waals surface area contributed by atoms with Gasteiger partial charge in [-0.3, -0.25) is 4.68 Å². The summed E-state index contributed by atoms with van der Waals surface area (Å²) in [4.78, 5) is 0. The quantitative estimate of drug-likeness (QED) is 0.945. The van der Waals surface area contributed by atoms with Gasteiger partial charge < -0.3 is 5.11 Å². The maximum atomic E-state index is 10.1. The Balaban J connectivity index is 2.13. The Morgan fingerprint density at radius 2 is 1.94 bits per heavy atom. The third kappa shape index (κ3) is 2.96. The monoisotopic (exact) mass is 294 g/mol. The number of aryl methyl sites for hydroxylation is 2. The van der Waals surface area contributed by atoms with E-state index in [2.05, 4.69) is 21.0 Å². The summed E-state index contributed by atoms with van der Waals surface area (Å²) in [5.74, 6) is 0. The van der Waals surface area contributed by atoms with Crippen LogP contribution >= 0.6 is 15.9 Å². The topological polar surface area (TPSA) is 38.0 Å². The summed E-state index contributed by atoms with van der Waals surface area (Å²) in [6.07, 6.45) is -0.527. The molecule has 0 spiro atoms. The lowest BCUT2D eigenvalue weighted by atomic mass is 10.1. The van der Waals surface area contributed by atoms with E-state index in [1.54, 1.807) is 0 Å². The number of aromatic nitrogens is 2. The summed E-state index contributed by atoms with van der Waals surface area (Å²) in [5.41, 5.74) is 2.95. The van der Waals surface area contributed by atoms with Crippen molar-refractivity contribution in [2.24, 2.45) is 0 Å². The maximum absolute atomic E-state index is 10.1. The smallest absolute Gasteiger partial charge is 0.0986 e. The molecule has 0 saturated heterocycles. The summed E-state index contributed by atoms with van der Waals surface area (Å²) in [5, 5.41) is 14.5. The number of hydrogen-bond acceptors (Lipinski definition) is 2. The zero-order valence-electron chi connectivity index (χ0n) is 9.89. The maximum Gasteiger partial charge on any atom is 0.0986 e. The van der Waals surface area contributed by atoms with Crippen molar-refractivity contribution in [1.29, 1.82) is 0 Å². The first kappa shape index (κ1) is 12.3. The van der Waals surface area contributed by atoms with Gasteiger partial charge in [-0.1, -0.05) is 28.1 Å². The minimum absolute atomic E-state index is 0.487. The highest BCUT2D eigenvalue weighted by Gasteiger charge is 2.10. The first-order valence-electron chi connectivity index (χ1n) is 5.51. The molecule has 0 amide bonds. The van der Waals surface area contributed by atoms with Crippen LogP contribution in [0.2, 0.25) is 0 Å². The molecule has 0 saturated carbocycles. The van der Waals surface area contributed by atoms with E-state index >= 15 is 0 Å². The molecule has 1 N–H and O–H groups in total. The molecule has 90 valence electrons. The van der Waals surface area contributed by atoms with Gasteiger partial charge in [0.25, 0.3) is 0 Å². The van der Waals surface area contributed by atoms with Crippen molar-refractivity contribution in [3.05, 3.63) is 51.8 Å². The van der Waals surface area contributed by atoms with Crippen LogP contribution in [-0.2, 0) is 6.54 Å². The fourth-order valence-corrected chi connectivity index (χ4v) is 2.08. The van der Waals surface area contributed by atoms with E-state index in [-0.39, 0.29) is 0 Å². The molecule has 2 aromatic rings. The third-order valence-corrected chi connectivity index (χ3v) is 3.23. The molecule has 1 aromatic carbocycles. The third-order valence-electron chi connectivity index (χ3n) is 2.70. The Labute approximate surface area is 109 Å². The normalized spacial score (nSPS) is 12.7. The summed E-state index contributed by atoms with van der Waals surface area (Å²) in [6, 6.07) is 9.70. The Morgan fingerprint density at radius 1 is 1.29 bits per heavy atom. The molecule has 1 heterocycles. The lowest BCUT2D eigenvalue weighted by Gasteiger charge is -2.12. The lowest BCUT2D eigenvalue weighted by Crippen LogP contribution is -2.11. The number of aliphatic hydroxyl groups excluding tert-OH is 1. The number of benzene rings is 1. The molecule has 0 aliphatic heterocycles. The highest BCUT2D eigenvalue weighted by molar-refractivity contribution is 9.10. The highest BCUT2D eigenvalue weighted by atomic mass is 79.9. The van der Waals surface area contributed by atoms with Crippen LogP contribution in [-0.4, -0.2) is 14.9 Å². The van der Waals surface area contributed by atoms with Gasteiger partial charge in [0.05, 0.1) is 18.3 Å². The van der Waals surface area contributed by atoms with Gasteiger partial charge >= 0.3 is 0 Å². The van der Waals surface area contributed by atoms with Gasteiger partial charge in [-0.05, 0) is 37.6 Å². The molecule has 1 unspecified atom stereocenters. The molecule has 0 bridgehead atoms. The number of rotatable bonds is 3. The molecular formula is C13H15BrN2O. The van der Waals surface area contributed by atoms with Crippen molar-refractivity contribution in [3.63, 3.8) is 0 Å². The van der Waals surface area contributed by atoms with E-state index in [0.29, 0.717) is 6.54 Å². The number of halogens is 1. The molecule has 4 heteroatoms. The average Bonchev–Trinajstić information content (AvgIpc) is 2.58. The molecule has 2 rings (SSSR count). The molecule has 3 nitrogen and oxygen atoms in total. The van der Waals surface area contributed by atoms with E-state index in [9.17, 15) is 5.11 Å². The van der Waals surface area contributed by atoms with Crippen LogP contribution in [0, 0.1) is 13.8 Å². The second kappa shape index (κ2) is 5.02. The predicted molar refractivity (Wildman–Crippen MR) is 70.8 cm³/mol. The van der Waals surface area contributed by atoms with Crippen LogP contribution in [0.15, 0.2) is 34.8 Å². The van der Waals surface area contributed by atoms with Gasteiger partial charge in [0.1, 0.15) is 0 Å². The average molecular weight is 295 g/mol. The zero-order chi connectivity index (χ0) is 12.4. The lowest BCUT2D eigenvalue weighted by molar-refractivity contribution is 0.150. The SMILES string of the molecule is Cc1cc(C)n(CC(O)c2ccc(Br)cc2)n1. The van der Waals surface area contributed by atoms with Gasteiger partial charge in [-0.25, -0.2) is 0 Å². The molecule has 0 fully saturated rings. The Bertz CT molecular complexity index is 505. The number of nitrogens with zero attached hydrogens (tertiary/aromatic N) is 2. The summed E-state index contributed by atoms with van der Waals surface area (Å²) in [7, 11) is 0. The molecule has 1 atom stereocenters. The second-order valence-corrected chi connectivity index (χ2v) is 5.09. The van der Waals surface area contributed by atoms with Gasteiger partial charge in [0.15, 0.2) is 0 Å². The van der Waals surface area contributed by atoms with Crippen LogP contribution in [0.1, 0.15) is 23.1 Å². The second-order valence-electron chi connectivity index (χ2n) is 4.18. The Kier molecular flexibility index (Phi) is 3.64. The summed E-state index contributed by atoms with van der Waals surface area (Å²) >= 11 is 3.38. The summed E-state index contributed by atoms with van der Waals surface area (Å²) in [6.45, 7) is 4.44. The van der Waals surface area contributed by atoms with Crippen molar-refractivity contribution < 1.29 is 5.11 Å². The van der Waals surface area contributed by atoms with Crippen LogP contribution < -0.4 is 0 Å². The summed E-state index contributed by atoms with van der Waals surface area (Å²) < 4.78 is 2.85. The molecule has 1 aromatic heterocycles. The largest absolute Gasteiger partial charge is 0.386 e. The Morgan fingerprint density at radius 3 is 2.47 bits per heavy atom. The van der Waals surface area contributed by atoms with E-state index in [1.165, 1.54) is 0 Å². The van der Waals surface area contributed by atoms with Crippen LogP contribution in [0.5, 0.6) is 0 Å². The zero-order valence-corrected chi connectivity index (χ0v) is 11.5. The van der Waals surface area contributed by atoms with Crippen molar-refractivity contribution in [3.8, 4) is 0 Å². The first-order valence-corrected chi connectivity index (χ1v) is 6.30.